The van der Waals surface area contributed by atoms with Crippen molar-refractivity contribution in [2.24, 2.45) is 11.8 Å². The van der Waals surface area contributed by atoms with Gasteiger partial charge in [-0.1, -0.05) is 33.1 Å². The summed E-state index contributed by atoms with van der Waals surface area (Å²) in [5.74, 6) is -0.686. The van der Waals surface area contributed by atoms with Crippen molar-refractivity contribution in [3.8, 4) is 6.07 Å². The van der Waals surface area contributed by atoms with Gasteiger partial charge in [0.1, 0.15) is 5.92 Å². The lowest BCUT2D eigenvalue weighted by Gasteiger charge is -2.22. The Hall–Kier alpha value is -1.08. The molecule has 0 aromatic carbocycles. The van der Waals surface area contributed by atoms with Gasteiger partial charge < -0.3 is 10.1 Å². The van der Waals surface area contributed by atoms with Crippen molar-refractivity contribution in [1.29, 1.82) is 5.26 Å². The van der Waals surface area contributed by atoms with E-state index in [4.69, 9.17) is 10.00 Å². The van der Waals surface area contributed by atoms with Crippen molar-refractivity contribution in [1.82, 2.24) is 5.32 Å². The fraction of sp³-hybridized carbons (Fsp3) is 0.857. The van der Waals surface area contributed by atoms with Crippen LogP contribution in [0.5, 0.6) is 0 Å². The molecule has 4 nitrogen and oxygen atoms in total. The van der Waals surface area contributed by atoms with E-state index in [2.05, 4.69) is 5.32 Å². The molecule has 1 atom stereocenters. The van der Waals surface area contributed by atoms with E-state index >= 15 is 0 Å². The zero-order valence-electron chi connectivity index (χ0n) is 11.4. The number of amides is 1. The lowest BCUT2D eigenvalue weighted by Crippen LogP contribution is -2.35. The molecule has 1 unspecified atom stereocenters. The van der Waals surface area contributed by atoms with Gasteiger partial charge in [0, 0.05) is 6.54 Å². The highest BCUT2D eigenvalue weighted by molar-refractivity contribution is 5.81. The molecule has 0 heterocycles. The molecule has 18 heavy (non-hydrogen) atoms. The predicted octanol–water partition coefficient (Wildman–Crippen LogP) is 2.25. The second-order valence-electron chi connectivity index (χ2n) is 5.27. The third kappa shape index (κ3) is 5.05. The topological polar surface area (TPSA) is 62.1 Å². The van der Waals surface area contributed by atoms with Gasteiger partial charge in [0.05, 0.1) is 18.8 Å². The van der Waals surface area contributed by atoms with Gasteiger partial charge in [-0.25, -0.2) is 0 Å². The van der Waals surface area contributed by atoms with Crippen molar-refractivity contribution >= 4 is 5.91 Å². The Morgan fingerprint density at radius 1 is 1.39 bits per heavy atom. The molecular formula is C14H24N2O2. The molecule has 1 fully saturated rings. The summed E-state index contributed by atoms with van der Waals surface area (Å²) in [6.45, 7) is 4.81. The first-order valence-electron chi connectivity index (χ1n) is 6.94. The second-order valence-corrected chi connectivity index (χ2v) is 5.27. The molecule has 1 amide bonds. The third-order valence-corrected chi connectivity index (χ3v) is 3.40. The van der Waals surface area contributed by atoms with Crippen LogP contribution in [0.2, 0.25) is 0 Å². The van der Waals surface area contributed by atoms with Crippen molar-refractivity contribution in [3.05, 3.63) is 0 Å². The quantitative estimate of drug-likeness (QED) is 0.737. The zero-order valence-corrected chi connectivity index (χ0v) is 11.4. The number of hydrogen-bond acceptors (Lipinski definition) is 3. The molecule has 1 aliphatic rings. The van der Waals surface area contributed by atoms with E-state index in [1.165, 1.54) is 19.3 Å². The monoisotopic (exact) mass is 252 g/mol. The summed E-state index contributed by atoms with van der Waals surface area (Å²) in [6, 6.07) is 2.04. The van der Waals surface area contributed by atoms with Crippen LogP contribution < -0.4 is 5.32 Å². The molecule has 0 radical (unpaired) electrons. The summed E-state index contributed by atoms with van der Waals surface area (Å²) in [5, 5.41) is 11.7. The molecule has 1 aliphatic carbocycles. The van der Waals surface area contributed by atoms with Gasteiger partial charge in [0.15, 0.2) is 0 Å². The lowest BCUT2D eigenvalue weighted by molar-refractivity contribution is -0.124. The summed E-state index contributed by atoms with van der Waals surface area (Å²) in [7, 11) is 0. The van der Waals surface area contributed by atoms with E-state index in [9.17, 15) is 4.79 Å². The Balaban J connectivity index is 2.13. The first-order chi connectivity index (χ1) is 8.65. The standard InChI is InChI=1S/C14H24N2O2/c1-11(2)13(10-15)14(17)16-8-9-18-12-6-4-3-5-7-12/h11-13H,3-9H2,1-2H3,(H,16,17). The molecule has 1 saturated carbocycles. The lowest BCUT2D eigenvalue weighted by atomic mass is 9.97. The minimum atomic E-state index is -0.556. The van der Waals surface area contributed by atoms with Crippen molar-refractivity contribution < 1.29 is 9.53 Å². The molecule has 0 aliphatic heterocycles. The number of hydrogen-bond donors (Lipinski definition) is 1. The number of nitrogens with one attached hydrogen (secondary N) is 1. The molecule has 1 N–H and O–H groups in total. The Bertz CT molecular complexity index is 291. The largest absolute Gasteiger partial charge is 0.376 e. The van der Waals surface area contributed by atoms with Crippen LogP contribution in [0, 0.1) is 23.2 Å². The SMILES string of the molecule is CC(C)C(C#N)C(=O)NCCOC1CCCCC1. The normalized spacial score (nSPS) is 18.3. The highest BCUT2D eigenvalue weighted by atomic mass is 16.5. The maximum Gasteiger partial charge on any atom is 0.237 e. The maximum atomic E-state index is 11.7. The van der Waals surface area contributed by atoms with Gasteiger partial charge in [-0.2, -0.15) is 5.26 Å². The van der Waals surface area contributed by atoms with E-state index < -0.39 is 5.92 Å². The highest BCUT2D eigenvalue weighted by Gasteiger charge is 2.21. The van der Waals surface area contributed by atoms with Gasteiger partial charge in [-0.15, -0.1) is 0 Å². The Labute approximate surface area is 110 Å². The smallest absolute Gasteiger partial charge is 0.237 e. The van der Waals surface area contributed by atoms with Crippen molar-refractivity contribution in [2.45, 2.75) is 52.1 Å². The Morgan fingerprint density at radius 2 is 2.06 bits per heavy atom. The average Bonchev–Trinajstić information content (AvgIpc) is 2.36. The van der Waals surface area contributed by atoms with Crippen molar-refractivity contribution in [2.75, 3.05) is 13.2 Å². The van der Waals surface area contributed by atoms with Gasteiger partial charge >= 0.3 is 0 Å². The number of nitriles is 1. The number of carbonyl (C=O) groups is 1. The van der Waals surface area contributed by atoms with E-state index in [1.807, 2.05) is 19.9 Å². The second kappa shape index (κ2) is 8.10. The Kier molecular flexibility index (Phi) is 6.74. The minimum Gasteiger partial charge on any atom is -0.376 e. The fourth-order valence-corrected chi connectivity index (χ4v) is 2.25. The third-order valence-electron chi connectivity index (χ3n) is 3.40. The average molecular weight is 252 g/mol. The first-order valence-corrected chi connectivity index (χ1v) is 6.94. The maximum absolute atomic E-state index is 11.7. The fourth-order valence-electron chi connectivity index (χ4n) is 2.25. The highest BCUT2D eigenvalue weighted by Crippen LogP contribution is 2.19. The molecular weight excluding hydrogens is 228 g/mol. The van der Waals surface area contributed by atoms with Crippen LogP contribution in [0.15, 0.2) is 0 Å². The van der Waals surface area contributed by atoms with E-state index in [1.54, 1.807) is 0 Å². The summed E-state index contributed by atoms with van der Waals surface area (Å²) >= 11 is 0. The number of rotatable bonds is 6. The van der Waals surface area contributed by atoms with Crippen LogP contribution in [-0.4, -0.2) is 25.2 Å². The molecule has 102 valence electrons. The molecule has 0 spiro atoms. The van der Waals surface area contributed by atoms with Crippen LogP contribution in [0.1, 0.15) is 46.0 Å². The van der Waals surface area contributed by atoms with Crippen LogP contribution in [-0.2, 0) is 9.53 Å². The molecule has 4 heteroatoms. The molecule has 0 saturated heterocycles. The van der Waals surface area contributed by atoms with Crippen LogP contribution >= 0.6 is 0 Å². The molecule has 0 aromatic rings. The first kappa shape index (κ1) is 15.0. The van der Waals surface area contributed by atoms with E-state index in [-0.39, 0.29) is 11.8 Å². The molecule has 0 aromatic heterocycles. The predicted molar refractivity (Wildman–Crippen MR) is 69.8 cm³/mol. The van der Waals surface area contributed by atoms with Gasteiger partial charge in [-0.05, 0) is 18.8 Å². The summed E-state index contributed by atoms with van der Waals surface area (Å²) in [6.07, 6.45) is 6.46. The number of nitrogens with zero attached hydrogens (tertiary/aromatic N) is 1. The summed E-state index contributed by atoms with van der Waals surface area (Å²) in [5.41, 5.74) is 0. The van der Waals surface area contributed by atoms with Crippen LogP contribution in [0.25, 0.3) is 0 Å². The van der Waals surface area contributed by atoms with Gasteiger partial charge in [-0.3, -0.25) is 4.79 Å². The molecule has 1 rings (SSSR count). The van der Waals surface area contributed by atoms with E-state index in [0.717, 1.165) is 12.8 Å². The van der Waals surface area contributed by atoms with E-state index in [0.29, 0.717) is 19.3 Å². The van der Waals surface area contributed by atoms with Crippen LogP contribution in [0.3, 0.4) is 0 Å². The van der Waals surface area contributed by atoms with Gasteiger partial charge in [0.2, 0.25) is 5.91 Å². The molecule has 0 bridgehead atoms. The number of ether oxygens (including phenoxy) is 1. The number of carbonyl (C=O) groups excluding carboxylic acids is 1. The summed E-state index contributed by atoms with van der Waals surface area (Å²) < 4.78 is 5.71. The Morgan fingerprint density at radius 3 is 2.61 bits per heavy atom. The summed E-state index contributed by atoms with van der Waals surface area (Å²) in [4.78, 5) is 11.7. The van der Waals surface area contributed by atoms with Crippen LogP contribution in [0.4, 0.5) is 0 Å². The minimum absolute atomic E-state index is 0.0502. The van der Waals surface area contributed by atoms with Crippen molar-refractivity contribution in [3.63, 3.8) is 0 Å². The van der Waals surface area contributed by atoms with Gasteiger partial charge in [0.25, 0.3) is 0 Å². The zero-order chi connectivity index (χ0) is 13.4.